The van der Waals surface area contributed by atoms with Crippen LogP contribution in [-0.4, -0.2) is 55.7 Å². The average molecular weight is 419 g/mol. The lowest BCUT2D eigenvalue weighted by molar-refractivity contribution is 0.0503. The number of carbonyl (C=O) groups is 2. The zero-order chi connectivity index (χ0) is 22.5. The lowest BCUT2D eigenvalue weighted by atomic mass is 10.0. The van der Waals surface area contributed by atoms with Crippen LogP contribution in [0.1, 0.15) is 56.0 Å². The zero-order valence-electron chi connectivity index (χ0n) is 19.1. The van der Waals surface area contributed by atoms with Crippen molar-refractivity contribution < 1.29 is 23.8 Å². The molecule has 2 rings (SSSR count). The van der Waals surface area contributed by atoms with Crippen molar-refractivity contribution in [2.24, 2.45) is 0 Å². The van der Waals surface area contributed by atoms with Gasteiger partial charge in [0.15, 0.2) is 5.78 Å². The molecule has 1 aromatic carbocycles. The van der Waals surface area contributed by atoms with E-state index in [-0.39, 0.29) is 17.9 Å². The Morgan fingerprint density at radius 1 is 1.20 bits per heavy atom. The van der Waals surface area contributed by atoms with Crippen LogP contribution in [0.2, 0.25) is 0 Å². The average Bonchev–Trinajstić information content (AvgIpc) is 3.05. The maximum atomic E-state index is 12.9. The summed E-state index contributed by atoms with van der Waals surface area (Å²) >= 11 is 0. The number of benzene rings is 1. The Morgan fingerprint density at radius 3 is 2.50 bits per heavy atom. The van der Waals surface area contributed by atoms with Crippen molar-refractivity contribution in [3.63, 3.8) is 0 Å². The number of ketones is 1. The normalized spacial score (nSPS) is 18.9. The number of rotatable bonds is 7. The molecule has 7 heteroatoms. The highest BCUT2D eigenvalue weighted by Gasteiger charge is 2.30. The second-order valence-corrected chi connectivity index (χ2v) is 8.83. The van der Waals surface area contributed by atoms with Crippen molar-refractivity contribution in [1.82, 2.24) is 10.2 Å². The van der Waals surface area contributed by atoms with Crippen molar-refractivity contribution in [3.8, 4) is 11.5 Å². The minimum Gasteiger partial charge on any atom is -0.496 e. The molecule has 0 saturated heterocycles. The third kappa shape index (κ3) is 6.68. The Bertz CT molecular complexity index is 796. The van der Waals surface area contributed by atoms with Crippen LogP contribution in [0, 0.1) is 6.92 Å². The fraction of sp³-hybridized carbons (Fsp3) is 0.565. The van der Waals surface area contributed by atoms with Crippen LogP contribution in [0.5, 0.6) is 11.5 Å². The summed E-state index contributed by atoms with van der Waals surface area (Å²) in [7, 11) is 5.25. The Labute approximate surface area is 179 Å². The molecule has 30 heavy (non-hydrogen) atoms. The van der Waals surface area contributed by atoms with E-state index >= 15 is 0 Å². The molecule has 0 radical (unpaired) electrons. The molecule has 1 N–H and O–H groups in total. The summed E-state index contributed by atoms with van der Waals surface area (Å²) in [6.07, 6.45) is 4.89. The summed E-state index contributed by atoms with van der Waals surface area (Å²) in [5.74, 6) is 0.830. The molecule has 1 amide bonds. The van der Waals surface area contributed by atoms with Gasteiger partial charge in [-0.1, -0.05) is 6.07 Å². The standard InChI is InChI=1S/C23H34N2O5/c1-15-8-11-19(20(21(15)28-7)18(26)12-13-25(5)6)29-17-10-9-16(14-17)24-22(27)30-23(2,3)4/h8,11-13,16-17H,9-10,14H2,1-7H3,(H,24,27)/t16-,17+/m0/s1. The quantitative estimate of drug-likeness (QED) is 0.531. The molecule has 166 valence electrons. The maximum absolute atomic E-state index is 12.9. The van der Waals surface area contributed by atoms with Gasteiger partial charge in [-0.05, 0) is 52.2 Å². The topological polar surface area (TPSA) is 77.1 Å². The van der Waals surface area contributed by atoms with E-state index in [4.69, 9.17) is 14.2 Å². The van der Waals surface area contributed by atoms with Crippen molar-refractivity contribution in [2.45, 2.75) is 64.7 Å². The SMILES string of the molecule is COc1c(C)ccc(O[C@@H]2CC[C@H](NC(=O)OC(C)(C)C)C2)c1C(=O)C=CN(C)C. The van der Waals surface area contributed by atoms with Gasteiger partial charge in [0.05, 0.1) is 7.11 Å². The summed E-state index contributed by atoms with van der Waals surface area (Å²) in [5.41, 5.74) is 0.744. The van der Waals surface area contributed by atoms with Crippen LogP contribution >= 0.6 is 0 Å². The molecule has 0 heterocycles. The third-order valence-electron chi connectivity index (χ3n) is 4.69. The Morgan fingerprint density at radius 2 is 1.90 bits per heavy atom. The molecule has 2 atom stereocenters. The summed E-state index contributed by atoms with van der Waals surface area (Å²) < 4.78 is 17.0. The number of hydrogen-bond acceptors (Lipinski definition) is 6. The molecule has 0 aliphatic heterocycles. The molecule has 1 saturated carbocycles. The van der Waals surface area contributed by atoms with E-state index in [1.165, 1.54) is 6.08 Å². The van der Waals surface area contributed by atoms with E-state index in [1.54, 1.807) is 18.2 Å². The first-order chi connectivity index (χ1) is 14.0. The first-order valence-corrected chi connectivity index (χ1v) is 10.2. The molecule has 0 spiro atoms. The predicted molar refractivity (Wildman–Crippen MR) is 116 cm³/mol. The molecule has 0 bridgehead atoms. The van der Waals surface area contributed by atoms with E-state index in [0.29, 0.717) is 23.5 Å². The van der Waals surface area contributed by atoms with Crippen LogP contribution in [0.25, 0.3) is 0 Å². The number of methoxy groups -OCH3 is 1. The van der Waals surface area contributed by atoms with E-state index in [1.807, 2.05) is 53.9 Å². The van der Waals surface area contributed by atoms with Gasteiger partial charge in [-0.2, -0.15) is 0 Å². The number of ether oxygens (including phenoxy) is 3. The van der Waals surface area contributed by atoms with Crippen LogP contribution < -0.4 is 14.8 Å². The van der Waals surface area contributed by atoms with Crippen molar-refractivity contribution >= 4 is 11.9 Å². The number of alkyl carbamates (subject to hydrolysis) is 1. The van der Waals surface area contributed by atoms with Gasteiger partial charge >= 0.3 is 6.09 Å². The predicted octanol–water partition coefficient (Wildman–Crippen LogP) is 4.09. The summed E-state index contributed by atoms with van der Waals surface area (Å²) in [4.78, 5) is 26.7. The van der Waals surface area contributed by atoms with Crippen molar-refractivity contribution in [3.05, 3.63) is 35.5 Å². The van der Waals surface area contributed by atoms with Gasteiger partial charge in [0.25, 0.3) is 0 Å². The lowest BCUT2D eigenvalue weighted by Crippen LogP contribution is -2.38. The van der Waals surface area contributed by atoms with Crippen LogP contribution in [0.15, 0.2) is 24.4 Å². The van der Waals surface area contributed by atoms with Gasteiger partial charge in [0.1, 0.15) is 28.8 Å². The number of amides is 1. The van der Waals surface area contributed by atoms with Gasteiger partial charge in [0.2, 0.25) is 0 Å². The van der Waals surface area contributed by atoms with Crippen molar-refractivity contribution in [1.29, 1.82) is 0 Å². The Hall–Kier alpha value is -2.70. The smallest absolute Gasteiger partial charge is 0.407 e. The number of nitrogens with one attached hydrogen (secondary N) is 1. The first-order valence-electron chi connectivity index (χ1n) is 10.2. The summed E-state index contributed by atoms with van der Waals surface area (Å²) in [6, 6.07) is 3.67. The van der Waals surface area contributed by atoms with E-state index in [0.717, 1.165) is 18.4 Å². The van der Waals surface area contributed by atoms with E-state index in [2.05, 4.69) is 5.32 Å². The van der Waals surface area contributed by atoms with E-state index in [9.17, 15) is 9.59 Å². The van der Waals surface area contributed by atoms with Gasteiger partial charge < -0.3 is 24.4 Å². The van der Waals surface area contributed by atoms with Crippen LogP contribution in [0.3, 0.4) is 0 Å². The zero-order valence-corrected chi connectivity index (χ0v) is 19.1. The number of nitrogens with zero attached hydrogens (tertiary/aromatic N) is 1. The maximum Gasteiger partial charge on any atom is 0.407 e. The molecule has 1 aromatic rings. The largest absolute Gasteiger partial charge is 0.496 e. The van der Waals surface area contributed by atoms with Gasteiger partial charge in [-0.3, -0.25) is 4.79 Å². The summed E-state index contributed by atoms with van der Waals surface area (Å²) in [6.45, 7) is 7.40. The van der Waals surface area contributed by atoms with Gasteiger partial charge in [-0.25, -0.2) is 4.79 Å². The fourth-order valence-corrected chi connectivity index (χ4v) is 3.40. The van der Waals surface area contributed by atoms with Crippen LogP contribution in [0.4, 0.5) is 4.79 Å². The fourth-order valence-electron chi connectivity index (χ4n) is 3.40. The van der Waals surface area contributed by atoms with Crippen molar-refractivity contribution in [2.75, 3.05) is 21.2 Å². The minimum absolute atomic E-state index is 0.0232. The minimum atomic E-state index is -0.535. The molecule has 7 nitrogen and oxygen atoms in total. The molecule has 1 aliphatic rings. The molecule has 0 unspecified atom stereocenters. The number of carbonyl (C=O) groups excluding carboxylic acids is 2. The number of allylic oxidation sites excluding steroid dienone is 1. The second-order valence-electron chi connectivity index (χ2n) is 8.83. The first kappa shape index (κ1) is 23.6. The number of aryl methyl sites for hydroxylation is 1. The summed E-state index contributed by atoms with van der Waals surface area (Å²) in [5, 5.41) is 2.90. The highest BCUT2D eigenvalue weighted by atomic mass is 16.6. The molecule has 1 fully saturated rings. The number of hydrogen-bond donors (Lipinski definition) is 1. The monoisotopic (exact) mass is 418 g/mol. The Balaban J connectivity index is 2.13. The van der Waals surface area contributed by atoms with Gasteiger partial charge in [0, 0.05) is 38.8 Å². The van der Waals surface area contributed by atoms with Gasteiger partial charge in [-0.15, -0.1) is 0 Å². The third-order valence-corrected chi connectivity index (χ3v) is 4.69. The molecule has 0 aromatic heterocycles. The molecular weight excluding hydrogens is 384 g/mol. The molecule has 1 aliphatic carbocycles. The lowest BCUT2D eigenvalue weighted by Gasteiger charge is -2.22. The van der Waals surface area contributed by atoms with E-state index < -0.39 is 11.7 Å². The second kappa shape index (κ2) is 9.87. The highest BCUT2D eigenvalue weighted by Crippen LogP contribution is 2.35. The Kier molecular flexibility index (Phi) is 7.76. The molecular formula is C23H34N2O5. The van der Waals surface area contributed by atoms with Crippen LogP contribution in [-0.2, 0) is 4.74 Å². The highest BCUT2D eigenvalue weighted by molar-refractivity contribution is 6.08.